The first kappa shape index (κ1) is 16.4. The van der Waals surface area contributed by atoms with Crippen molar-refractivity contribution in [2.75, 3.05) is 37.9 Å². The number of sulfonamides is 1. The van der Waals surface area contributed by atoms with E-state index in [1.54, 1.807) is 39.2 Å². The maximum atomic E-state index is 12.2. The molecule has 0 radical (unpaired) electrons. The molecule has 1 heterocycles. The van der Waals surface area contributed by atoms with Crippen molar-refractivity contribution in [3.8, 4) is 11.5 Å². The van der Waals surface area contributed by atoms with Crippen LogP contribution in [0.5, 0.6) is 11.5 Å². The lowest BCUT2D eigenvalue weighted by atomic mass is 10.2. The van der Waals surface area contributed by atoms with Crippen LogP contribution in [0.15, 0.2) is 18.2 Å². The minimum absolute atomic E-state index is 0.305. The summed E-state index contributed by atoms with van der Waals surface area (Å²) in [7, 11) is -0.460. The summed E-state index contributed by atoms with van der Waals surface area (Å²) in [6, 6.07) is 3.98. The Hall–Kier alpha value is -1.96. The summed E-state index contributed by atoms with van der Waals surface area (Å²) >= 11 is 0. The molecular formula is C14H20N2O5S. The highest BCUT2D eigenvalue weighted by atomic mass is 32.2. The van der Waals surface area contributed by atoms with Gasteiger partial charge >= 0.3 is 0 Å². The normalized spacial score (nSPS) is 15.1. The highest BCUT2D eigenvalue weighted by Crippen LogP contribution is 2.35. The summed E-state index contributed by atoms with van der Waals surface area (Å²) in [5, 5.41) is 0. The van der Waals surface area contributed by atoms with E-state index in [1.807, 2.05) is 0 Å². The van der Waals surface area contributed by atoms with Crippen molar-refractivity contribution in [2.24, 2.45) is 0 Å². The summed E-state index contributed by atoms with van der Waals surface area (Å²) in [5.41, 5.74) is 0.370. The molecule has 1 aromatic carbocycles. The van der Waals surface area contributed by atoms with Crippen LogP contribution in [0.25, 0.3) is 0 Å². The molecule has 1 amide bonds. The number of anilines is 1. The van der Waals surface area contributed by atoms with E-state index in [2.05, 4.69) is 0 Å². The van der Waals surface area contributed by atoms with Gasteiger partial charge in [0.2, 0.25) is 15.9 Å². The van der Waals surface area contributed by atoms with Gasteiger partial charge in [0.15, 0.2) is 11.5 Å². The van der Waals surface area contributed by atoms with Crippen molar-refractivity contribution >= 4 is 21.6 Å². The smallest absolute Gasteiger partial charge is 0.245 e. The summed E-state index contributed by atoms with van der Waals surface area (Å²) in [5.74, 6) is 0.734. The fourth-order valence-corrected chi connectivity index (χ4v) is 3.51. The van der Waals surface area contributed by atoms with E-state index in [-0.39, 0.29) is 5.91 Å². The molecule has 2 rings (SSSR count). The Balaban J connectivity index is 2.44. The summed E-state index contributed by atoms with van der Waals surface area (Å²) in [6.07, 6.45) is 1.07. The molecule has 1 atom stereocenters. The molecule has 1 aromatic rings. The molecule has 122 valence electrons. The van der Waals surface area contributed by atoms with E-state index in [4.69, 9.17) is 9.47 Å². The number of hydrogen-bond acceptors (Lipinski definition) is 5. The van der Waals surface area contributed by atoms with Crippen LogP contribution in [0.4, 0.5) is 5.69 Å². The molecule has 1 aliphatic rings. The van der Waals surface area contributed by atoms with Gasteiger partial charge in [-0.1, -0.05) is 0 Å². The first-order valence-electron chi connectivity index (χ1n) is 6.82. The molecule has 22 heavy (non-hydrogen) atoms. The maximum absolute atomic E-state index is 12.2. The molecule has 8 heteroatoms. The molecule has 0 bridgehead atoms. The Morgan fingerprint density at radius 2 is 1.77 bits per heavy atom. The van der Waals surface area contributed by atoms with Gasteiger partial charge in [-0.15, -0.1) is 0 Å². The maximum Gasteiger partial charge on any atom is 0.245 e. The summed E-state index contributed by atoms with van der Waals surface area (Å²) in [6.45, 7) is 2.42. The quantitative estimate of drug-likeness (QED) is 0.813. The standard InChI is InChI=1S/C14H20N2O5S/c1-10(14(17)15(2)3)16(22(4,18)19)11-5-6-12-13(9-11)21-8-7-20-12/h5-6,9-10H,7-8H2,1-4H3/t10-/m1/s1. The highest BCUT2D eigenvalue weighted by molar-refractivity contribution is 7.92. The molecule has 7 nitrogen and oxygen atoms in total. The van der Waals surface area contributed by atoms with Crippen LogP contribution in [0, 0.1) is 0 Å². The third-order valence-electron chi connectivity index (χ3n) is 3.29. The number of carbonyl (C=O) groups is 1. The van der Waals surface area contributed by atoms with Crippen LogP contribution in [-0.4, -0.2) is 58.8 Å². The molecule has 0 aliphatic carbocycles. The molecule has 0 fully saturated rings. The predicted octanol–water partition coefficient (Wildman–Crippen LogP) is 0.700. The van der Waals surface area contributed by atoms with Crippen LogP contribution < -0.4 is 13.8 Å². The van der Waals surface area contributed by atoms with Crippen LogP contribution >= 0.6 is 0 Å². The Morgan fingerprint density at radius 3 is 2.32 bits per heavy atom. The van der Waals surface area contributed by atoms with Crippen molar-refractivity contribution in [3.05, 3.63) is 18.2 Å². The number of amides is 1. The number of benzene rings is 1. The van der Waals surface area contributed by atoms with Crippen molar-refractivity contribution in [1.29, 1.82) is 0 Å². The Bertz CT molecular complexity index is 672. The number of rotatable bonds is 4. The molecule has 0 saturated carbocycles. The number of fused-ring (bicyclic) bond motifs is 1. The Morgan fingerprint density at radius 1 is 1.18 bits per heavy atom. The van der Waals surface area contributed by atoms with E-state index in [0.29, 0.717) is 30.4 Å². The minimum Gasteiger partial charge on any atom is -0.486 e. The SMILES string of the molecule is C[C@H](C(=O)N(C)C)N(c1ccc2c(c1)OCCO2)S(C)(=O)=O. The number of ether oxygens (including phenoxy) is 2. The van der Waals surface area contributed by atoms with Crippen LogP contribution in [0.2, 0.25) is 0 Å². The number of carbonyl (C=O) groups excluding carboxylic acids is 1. The van der Waals surface area contributed by atoms with Gasteiger partial charge in [0.05, 0.1) is 11.9 Å². The third-order valence-corrected chi connectivity index (χ3v) is 4.53. The average molecular weight is 328 g/mol. The van der Waals surface area contributed by atoms with Gasteiger partial charge in [0.25, 0.3) is 0 Å². The predicted molar refractivity (Wildman–Crippen MR) is 82.9 cm³/mol. The summed E-state index contributed by atoms with van der Waals surface area (Å²) in [4.78, 5) is 13.5. The molecule has 0 spiro atoms. The summed E-state index contributed by atoms with van der Waals surface area (Å²) < 4.78 is 36.3. The van der Waals surface area contributed by atoms with Gasteiger partial charge in [-0.3, -0.25) is 9.10 Å². The number of likely N-dealkylation sites (N-methyl/N-ethyl adjacent to an activating group) is 1. The first-order valence-corrected chi connectivity index (χ1v) is 8.67. The first-order chi connectivity index (χ1) is 10.2. The van der Waals surface area contributed by atoms with Crippen molar-refractivity contribution in [1.82, 2.24) is 4.90 Å². The van der Waals surface area contributed by atoms with Gasteiger partial charge in [-0.25, -0.2) is 8.42 Å². The zero-order valence-electron chi connectivity index (χ0n) is 13.1. The molecule has 0 unspecified atom stereocenters. The van der Waals surface area contributed by atoms with Crippen molar-refractivity contribution in [2.45, 2.75) is 13.0 Å². The Kier molecular flexibility index (Phi) is 4.50. The van der Waals surface area contributed by atoms with Gasteiger partial charge in [-0.2, -0.15) is 0 Å². The van der Waals surface area contributed by atoms with E-state index >= 15 is 0 Å². The lowest BCUT2D eigenvalue weighted by Gasteiger charge is -2.30. The number of nitrogens with zero attached hydrogens (tertiary/aromatic N) is 2. The molecule has 1 aliphatic heterocycles. The van der Waals surface area contributed by atoms with Crippen LogP contribution in [-0.2, 0) is 14.8 Å². The second kappa shape index (κ2) is 6.04. The topological polar surface area (TPSA) is 76.2 Å². The van der Waals surface area contributed by atoms with Crippen molar-refractivity contribution < 1.29 is 22.7 Å². The molecule has 0 N–H and O–H groups in total. The van der Waals surface area contributed by atoms with Gasteiger partial charge in [-0.05, 0) is 19.1 Å². The molecule has 0 saturated heterocycles. The fraction of sp³-hybridized carbons (Fsp3) is 0.500. The van der Waals surface area contributed by atoms with Crippen molar-refractivity contribution in [3.63, 3.8) is 0 Å². The second-order valence-corrected chi connectivity index (χ2v) is 7.15. The molecular weight excluding hydrogens is 308 g/mol. The minimum atomic E-state index is -3.63. The molecule has 0 aromatic heterocycles. The van der Waals surface area contributed by atoms with Crippen LogP contribution in [0.3, 0.4) is 0 Å². The fourth-order valence-electron chi connectivity index (χ4n) is 2.35. The zero-order chi connectivity index (χ0) is 16.5. The van der Waals surface area contributed by atoms with Gasteiger partial charge < -0.3 is 14.4 Å². The van der Waals surface area contributed by atoms with E-state index in [0.717, 1.165) is 10.6 Å². The second-order valence-electron chi connectivity index (χ2n) is 5.30. The lowest BCUT2D eigenvalue weighted by Crippen LogP contribution is -2.47. The van der Waals surface area contributed by atoms with E-state index in [1.165, 1.54) is 4.90 Å². The van der Waals surface area contributed by atoms with E-state index < -0.39 is 16.1 Å². The lowest BCUT2D eigenvalue weighted by molar-refractivity contribution is -0.129. The monoisotopic (exact) mass is 328 g/mol. The Labute approximate surface area is 130 Å². The largest absolute Gasteiger partial charge is 0.486 e. The average Bonchev–Trinajstić information content (AvgIpc) is 2.44. The van der Waals surface area contributed by atoms with Crippen LogP contribution in [0.1, 0.15) is 6.92 Å². The van der Waals surface area contributed by atoms with E-state index in [9.17, 15) is 13.2 Å². The zero-order valence-corrected chi connectivity index (χ0v) is 13.9. The van der Waals surface area contributed by atoms with Gasteiger partial charge in [0, 0.05) is 20.2 Å². The third kappa shape index (κ3) is 3.27. The number of hydrogen-bond donors (Lipinski definition) is 0. The van der Waals surface area contributed by atoms with Gasteiger partial charge in [0.1, 0.15) is 19.3 Å². The highest BCUT2D eigenvalue weighted by Gasteiger charge is 2.31.